The molecule has 0 amide bonds. The van der Waals surface area contributed by atoms with Crippen LogP contribution in [0.15, 0.2) is 24.4 Å². The van der Waals surface area contributed by atoms with Crippen LogP contribution in [0.2, 0.25) is 5.28 Å². The van der Waals surface area contributed by atoms with Gasteiger partial charge in [-0.05, 0) is 37.6 Å². The van der Waals surface area contributed by atoms with Crippen LogP contribution >= 0.6 is 11.6 Å². The van der Waals surface area contributed by atoms with Crippen molar-refractivity contribution in [1.29, 1.82) is 0 Å². The summed E-state index contributed by atoms with van der Waals surface area (Å²) in [7, 11) is 0. The van der Waals surface area contributed by atoms with Gasteiger partial charge < -0.3 is 4.74 Å². The van der Waals surface area contributed by atoms with Crippen molar-refractivity contribution in [3.63, 3.8) is 0 Å². The minimum atomic E-state index is 0.177. The molecule has 2 aromatic rings. The molecule has 0 saturated heterocycles. The Morgan fingerprint density at radius 2 is 2.06 bits per heavy atom. The van der Waals surface area contributed by atoms with E-state index in [9.17, 15) is 0 Å². The van der Waals surface area contributed by atoms with E-state index in [1.165, 1.54) is 0 Å². The van der Waals surface area contributed by atoms with Crippen LogP contribution in [0.1, 0.15) is 11.4 Å². The lowest BCUT2D eigenvalue weighted by atomic mass is 10.3. The summed E-state index contributed by atoms with van der Waals surface area (Å²) in [6.45, 7) is 3.70. The van der Waals surface area contributed by atoms with E-state index in [0.717, 1.165) is 11.4 Å². The summed E-state index contributed by atoms with van der Waals surface area (Å²) in [6.07, 6.45) is 1.71. The molecule has 5 heteroatoms. The highest BCUT2D eigenvalue weighted by molar-refractivity contribution is 6.28. The van der Waals surface area contributed by atoms with Crippen LogP contribution in [0.25, 0.3) is 0 Å². The van der Waals surface area contributed by atoms with Crippen molar-refractivity contribution in [2.75, 3.05) is 0 Å². The molecule has 0 bridgehead atoms. The number of aryl methyl sites for hydroxylation is 2. The highest BCUT2D eigenvalue weighted by Crippen LogP contribution is 2.22. The number of hydrogen-bond acceptors (Lipinski definition) is 4. The zero-order chi connectivity index (χ0) is 11.5. The molecule has 16 heavy (non-hydrogen) atoms. The topological polar surface area (TPSA) is 47.9 Å². The summed E-state index contributed by atoms with van der Waals surface area (Å²) in [6, 6.07) is 5.35. The molecule has 2 heterocycles. The molecule has 2 aromatic heterocycles. The first-order valence-corrected chi connectivity index (χ1v) is 5.13. The largest absolute Gasteiger partial charge is 0.437 e. The van der Waals surface area contributed by atoms with E-state index in [1.807, 2.05) is 19.9 Å². The third-order valence-electron chi connectivity index (χ3n) is 1.98. The molecule has 0 unspecified atom stereocenters. The molecule has 0 aromatic carbocycles. The quantitative estimate of drug-likeness (QED) is 0.751. The van der Waals surface area contributed by atoms with Crippen LogP contribution in [0, 0.1) is 13.8 Å². The average Bonchev–Trinajstić information content (AvgIpc) is 2.20. The maximum Gasteiger partial charge on any atom is 0.225 e. The van der Waals surface area contributed by atoms with Gasteiger partial charge in [0.05, 0.1) is 5.69 Å². The molecular weight excluding hydrogens is 226 g/mol. The SMILES string of the molecule is Cc1cc(Oc2cccnc2C)nc(Cl)n1. The highest BCUT2D eigenvalue weighted by Gasteiger charge is 2.05. The minimum Gasteiger partial charge on any atom is -0.437 e. The van der Waals surface area contributed by atoms with E-state index in [2.05, 4.69) is 15.0 Å². The number of hydrogen-bond donors (Lipinski definition) is 0. The molecule has 0 spiro atoms. The van der Waals surface area contributed by atoms with E-state index in [1.54, 1.807) is 18.3 Å². The Hall–Kier alpha value is -1.68. The van der Waals surface area contributed by atoms with E-state index in [4.69, 9.17) is 16.3 Å². The predicted octanol–water partition coefficient (Wildman–Crippen LogP) is 2.93. The Bertz CT molecular complexity index is 496. The molecule has 4 nitrogen and oxygen atoms in total. The van der Waals surface area contributed by atoms with Crippen molar-refractivity contribution in [2.24, 2.45) is 0 Å². The van der Waals surface area contributed by atoms with E-state index >= 15 is 0 Å². The van der Waals surface area contributed by atoms with Crippen molar-refractivity contribution in [1.82, 2.24) is 15.0 Å². The van der Waals surface area contributed by atoms with Crippen LogP contribution < -0.4 is 4.74 Å². The number of halogens is 1. The Labute approximate surface area is 98.3 Å². The van der Waals surface area contributed by atoms with Gasteiger partial charge in [-0.3, -0.25) is 4.98 Å². The minimum absolute atomic E-state index is 0.177. The van der Waals surface area contributed by atoms with Gasteiger partial charge in [0, 0.05) is 18.0 Å². The Morgan fingerprint density at radius 3 is 2.75 bits per heavy atom. The van der Waals surface area contributed by atoms with Crippen LogP contribution in [0.5, 0.6) is 11.6 Å². The second kappa shape index (κ2) is 4.45. The summed E-state index contributed by atoms with van der Waals surface area (Å²) in [5, 5.41) is 0.177. The molecule has 0 aliphatic heterocycles. The summed E-state index contributed by atoms with van der Waals surface area (Å²) in [5.41, 5.74) is 1.56. The third kappa shape index (κ3) is 2.46. The molecule has 82 valence electrons. The molecule has 0 atom stereocenters. The number of nitrogens with zero attached hydrogens (tertiary/aromatic N) is 3. The van der Waals surface area contributed by atoms with Gasteiger partial charge in [-0.15, -0.1) is 0 Å². The highest BCUT2D eigenvalue weighted by atomic mass is 35.5. The van der Waals surface area contributed by atoms with Crippen LogP contribution in [-0.4, -0.2) is 15.0 Å². The fraction of sp³-hybridized carbons (Fsp3) is 0.182. The van der Waals surface area contributed by atoms with Crippen LogP contribution in [0.4, 0.5) is 0 Å². The standard InChI is InChI=1S/C11H10ClN3O/c1-7-6-10(15-11(12)14-7)16-9-4-3-5-13-8(9)2/h3-6H,1-2H3. The van der Waals surface area contributed by atoms with Crippen molar-refractivity contribution in [3.05, 3.63) is 41.1 Å². The Balaban J connectivity index is 2.30. The smallest absolute Gasteiger partial charge is 0.225 e. The summed E-state index contributed by atoms with van der Waals surface area (Å²) in [4.78, 5) is 12.1. The summed E-state index contributed by atoms with van der Waals surface area (Å²) in [5.74, 6) is 1.09. The monoisotopic (exact) mass is 235 g/mol. The lowest BCUT2D eigenvalue weighted by Crippen LogP contribution is -1.94. The van der Waals surface area contributed by atoms with E-state index in [0.29, 0.717) is 11.6 Å². The van der Waals surface area contributed by atoms with Gasteiger partial charge in [-0.2, -0.15) is 4.98 Å². The van der Waals surface area contributed by atoms with Gasteiger partial charge in [0.1, 0.15) is 0 Å². The number of pyridine rings is 1. The third-order valence-corrected chi connectivity index (χ3v) is 2.15. The van der Waals surface area contributed by atoms with Crippen molar-refractivity contribution < 1.29 is 4.74 Å². The van der Waals surface area contributed by atoms with E-state index < -0.39 is 0 Å². The van der Waals surface area contributed by atoms with Crippen LogP contribution in [0.3, 0.4) is 0 Å². The molecule has 0 fully saturated rings. The number of aromatic nitrogens is 3. The number of rotatable bonds is 2. The molecule has 0 radical (unpaired) electrons. The molecule has 2 rings (SSSR count). The van der Waals surface area contributed by atoms with Gasteiger partial charge in [0.15, 0.2) is 5.75 Å². The Kier molecular flexibility index (Phi) is 3.01. The van der Waals surface area contributed by atoms with Gasteiger partial charge in [-0.1, -0.05) is 0 Å². The van der Waals surface area contributed by atoms with Crippen molar-refractivity contribution in [2.45, 2.75) is 13.8 Å². The lowest BCUT2D eigenvalue weighted by molar-refractivity contribution is 0.454. The lowest BCUT2D eigenvalue weighted by Gasteiger charge is -2.07. The molecule has 0 saturated carbocycles. The van der Waals surface area contributed by atoms with Crippen molar-refractivity contribution >= 4 is 11.6 Å². The summed E-state index contributed by atoms with van der Waals surface area (Å²) < 4.78 is 5.57. The second-order valence-corrected chi connectivity index (χ2v) is 3.64. The molecular formula is C11H10ClN3O. The molecule has 0 aliphatic carbocycles. The van der Waals surface area contributed by atoms with E-state index in [-0.39, 0.29) is 5.28 Å². The summed E-state index contributed by atoms with van der Waals surface area (Å²) >= 11 is 5.74. The fourth-order valence-electron chi connectivity index (χ4n) is 1.25. The molecule has 0 N–H and O–H groups in total. The number of ether oxygens (including phenoxy) is 1. The first kappa shape index (κ1) is 10.8. The first-order chi connectivity index (χ1) is 7.65. The zero-order valence-electron chi connectivity index (χ0n) is 8.94. The molecule has 0 aliphatic rings. The first-order valence-electron chi connectivity index (χ1n) is 4.76. The normalized spacial score (nSPS) is 10.2. The predicted molar refractivity (Wildman–Crippen MR) is 60.8 cm³/mol. The van der Waals surface area contributed by atoms with Crippen molar-refractivity contribution in [3.8, 4) is 11.6 Å². The second-order valence-electron chi connectivity index (χ2n) is 3.31. The van der Waals surface area contributed by atoms with Gasteiger partial charge in [-0.25, -0.2) is 4.98 Å². The van der Waals surface area contributed by atoms with Gasteiger partial charge in [0.25, 0.3) is 0 Å². The van der Waals surface area contributed by atoms with Crippen LogP contribution in [-0.2, 0) is 0 Å². The maximum absolute atomic E-state index is 5.74. The fourth-order valence-corrected chi connectivity index (χ4v) is 1.46. The Morgan fingerprint density at radius 1 is 1.25 bits per heavy atom. The van der Waals surface area contributed by atoms with Gasteiger partial charge >= 0.3 is 0 Å². The zero-order valence-corrected chi connectivity index (χ0v) is 9.69. The maximum atomic E-state index is 5.74. The van der Waals surface area contributed by atoms with Gasteiger partial charge in [0.2, 0.25) is 11.2 Å². The average molecular weight is 236 g/mol.